The molecule has 162 valence electrons. The average Bonchev–Trinajstić information content (AvgIpc) is 2.73. The number of nitrogens with one attached hydrogen (secondary N) is 2. The number of amides is 1. The van der Waals surface area contributed by atoms with Crippen molar-refractivity contribution in [3.8, 4) is 0 Å². The lowest BCUT2D eigenvalue weighted by Crippen LogP contribution is -2.33. The number of rotatable bonds is 8. The largest absolute Gasteiger partial charge is 0.352 e. The summed E-state index contributed by atoms with van der Waals surface area (Å²) in [6, 6.07) is 11.3. The van der Waals surface area contributed by atoms with Crippen LogP contribution >= 0.6 is 11.6 Å². The number of sulfonamides is 1. The van der Waals surface area contributed by atoms with E-state index in [9.17, 15) is 13.2 Å². The number of hydrogen-bond acceptors (Lipinski definition) is 4. The lowest BCUT2D eigenvalue weighted by Gasteiger charge is -2.26. The van der Waals surface area contributed by atoms with Crippen LogP contribution in [0.5, 0.6) is 0 Å². The molecule has 1 amide bonds. The van der Waals surface area contributed by atoms with Crippen molar-refractivity contribution in [2.24, 2.45) is 0 Å². The highest BCUT2D eigenvalue weighted by Gasteiger charge is 2.20. The maximum absolute atomic E-state index is 12.8. The summed E-state index contributed by atoms with van der Waals surface area (Å²) in [7, 11) is -3.92. The number of halogens is 1. The van der Waals surface area contributed by atoms with Crippen LogP contribution in [0.25, 0.3) is 0 Å². The Morgan fingerprint density at radius 2 is 1.77 bits per heavy atom. The summed E-state index contributed by atoms with van der Waals surface area (Å²) in [6.07, 6.45) is 4.64. The quantitative estimate of drug-likeness (QED) is 0.596. The summed E-state index contributed by atoms with van der Waals surface area (Å²) in [4.78, 5) is 14.8. The van der Waals surface area contributed by atoms with Gasteiger partial charge in [-0.1, -0.05) is 35.7 Å². The van der Waals surface area contributed by atoms with Crippen LogP contribution in [-0.4, -0.2) is 45.4 Å². The molecule has 1 aliphatic rings. The molecule has 0 bridgehead atoms. The molecular weight excluding hydrogens is 422 g/mol. The van der Waals surface area contributed by atoms with Gasteiger partial charge < -0.3 is 10.2 Å². The lowest BCUT2D eigenvalue weighted by molar-refractivity contribution is 0.0951. The molecule has 1 aliphatic heterocycles. The average molecular weight is 450 g/mol. The fraction of sp³-hybridized carbons (Fsp3) is 0.409. The Morgan fingerprint density at radius 3 is 2.47 bits per heavy atom. The highest BCUT2D eigenvalue weighted by molar-refractivity contribution is 7.92. The number of aryl methyl sites for hydroxylation is 1. The zero-order valence-corrected chi connectivity index (χ0v) is 18.7. The minimum atomic E-state index is -3.92. The second-order valence-corrected chi connectivity index (χ2v) is 9.69. The molecule has 1 saturated heterocycles. The first-order chi connectivity index (χ1) is 14.3. The highest BCUT2D eigenvalue weighted by atomic mass is 35.5. The van der Waals surface area contributed by atoms with E-state index in [0.29, 0.717) is 12.2 Å². The summed E-state index contributed by atoms with van der Waals surface area (Å²) >= 11 is 6.13. The fourth-order valence-electron chi connectivity index (χ4n) is 3.47. The Balaban J connectivity index is 1.61. The Bertz CT molecular complexity index is 972. The van der Waals surface area contributed by atoms with Gasteiger partial charge in [0, 0.05) is 17.8 Å². The third kappa shape index (κ3) is 6.20. The molecule has 1 heterocycles. The molecule has 0 spiro atoms. The van der Waals surface area contributed by atoms with Crippen LogP contribution < -0.4 is 10.0 Å². The third-order valence-corrected chi connectivity index (χ3v) is 7.03. The van der Waals surface area contributed by atoms with E-state index in [0.717, 1.165) is 31.6 Å². The van der Waals surface area contributed by atoms with Gasteiger partial charge in [-0.3, -0.25) is 9.52 Å². The molecule has 2 N–H and O–H groups in total. The van der Waals surface area contributed by atoms with Crippen molar-refractivity contribution < 1.29 is 13.2 Å². The Morgan fingerprint density at radius 1 is 1.07 bits per heavy atom. The van der Waals surface area contributed by atoms with Crippen LogP contribution in [0.1, 0.15) is 41.6 Å². The molecule has 3 rings (SSSR count). The smallest absolute Gasteiger partial charge is 0.263 e. The van der Waals surface area contributed by atoms with Gasteiger partial charge in [0.25, 0.3) is 15.9 Å². The number of benzene rings is 2. The van der Waals surface area contributed by atoms with Crippen LogP contribution in [0.15, 0.2) is 47.4 Å². The number of hydrogen-bond donors (Lipinski definition) is 2. The van der Waals surface area contributed by atoms with E-state index in [1.807, 2.05) is 19.1 Å². The monoisotopic (exact) mass is 449 g/mol. The van der Waals surface area contributed by atoms with Crippen LogP contribution in [0.4, 0.5) is 5.69 Å². The lowest BCUT2D eigenvalue weighted by atomic mass is 10.1. The molecular formula is C22H28ClN3O3S. The van der Waals surface area contributed by atoms with Gasteiger partial charge in [0.05, 0.1) is 5.02 Å². The first-order valence-electron chi connectivity index (χ1n) is 10.2. The zero-order chi connectivity index (χ0) is 21.6. The number of carbonyl (C=O) groups excluding carboxylic acids is 1. The standard InChI is InChI=1S/C22H28ClN3O3S/c1-17-6-9-19(10-7-17)25-30(28,29)21-16-18(8-11-20(21)23)22(27)24-12-5-15-26-13-3-2-4-14-26/h6-11,16,25H,2-5,12-15H2,1H3,(H,24,27). The molecule has 1 fully saturated rings. The van der Waals surface area contributed by atoms with Gasteiger partial charge in [-0.25, -0.2) is 8.42 Å². The van der Waals surface area contributed by atoms with Crippen molar-refractivity contribution in [1.82, 2.24) is 10.2 Å². The van der Waals surface area contributed by atoms with E-state index in [2.05, 4.69) is 14.9 Å². The maximum Gasteiger partial charge on any atom is 0.263 e. The first-order valence-corrected chi connectivity index (χ1v) is 12.1. The van der Waals surface area contributed by atoms with E-state index in [-0.39, 0.29) is 21.4 Å². The molecule has 0 aromatic heterocycles. The normalized spacial score (nSPS) is 15.0. The predicted octanol–water partition coefficient (Wildman–Crippen LogP) is 4.06. The van der Waals surface area contributed by atoms with E-state index >= 15 is 0 Å². The number of anilines is 1. The summed E-state index contributed by atoms with van der Waals surface area (Å²) in [5.41, 5.74) is 1.72. The molecule has 0 unspecified atom stereocenters. The second kappa shape index (κ2) is 10.3. The Hall–Kier alpha value is -2.09. The number of nitrogens with zero attached hydrogens (tertiary/aromatic N) is 1. The second-order valence-electron chi connectivity index (χ2n) is 7.63. The van der Waals surface area contributed by atoms with Gasteiger partial charge in [-0.2, -0.15) is 0 Å². The molecule has 0 saturated carbocycles. The van der Waals surface area contributed by atoms with Crippen molar-refractivity contribution in [3.63, 3.8) is 0 Å². The van der Waals surface area contributed by atoms with Gasteiger partial charge >= 0.3 is 0 Å². The SMILES string of the molecule is Cc1ccc(NS(=O)(=O)c2cc(C(=O)NCCCN3CCCCC3)ccc2Cl)cc1. The van der Waals surface area contributed by atoms with Gasteiger partial charge in [0.1, 0.15) is 4.90 Å². The predicted molar refractivity (Wildman–Crippen MR) is 121 cm³/mol. The molecule has 6 nitrogen and oxygen atoms in total. The molecule has 0 aliphatic carbocycles. The highest BCUT2D eigenvalue weighted by Crippen LogP contribution is 2.25. The number of carbonyl (C=O) groups is 1. The van der Waals surface area contributed by atoms with Crippen molar-refractivity contribution in [3.05, 3.63) is 58.6 Å². The van der Waals surface area contributed by atoms with Gasteiger partial charge in [-0.05, 0) is 76.2 Å². The Labute approximate surface area is 183 Å². The van der Waals surface area contributed by atoms with E-state index in [1.54, 1.807) is 12.1 Å². The van der Waals surface area contributed by atoms with Crippen LogP contribution in [0, 0.1) is 6.92 Å². The van der Waals surface area contributed by atoms with E-state index in [1.165, 1.54) is 37.5 Å². The minimum Gasteiger partial charge on any atom is -0.352 e. The molecule has 8 heteroatoms. The number of piperidine rings is 1. The first kappa shape index (κ1) is 22.6. The molecule has 30 heavy (non-hydrogen) atoms. The summed E-state index contributed by atoms with van der Waals surface area (Å²) in [5.74, 6) is -0.308. The molecule has 0 radical (unpaired) electrons. The molecule has 2 aromatic carbocycles. The summed E-state index contributed by atoms with van der Waals surface area (Å²) in [5, 5.41) is 2.93. The van der Waals surface area contributed by atoms with Crippen molar-refractivity contribution in [2.45, 2.75) is 37.5 Å². The zero-order valence-electron chi connectivity index (χ0n) is 17.2. The molecule has 0 atom stereocenters. The van der Waals surface area contributed by atoms with Gasteiger partial charge in [0.15, 0.2) is 0 Å². The number of likely N-dealkylation sites (tertiary alicyclic amines) is 1. The van der Waals surface area contributed by atoms with Crippen molar-refractivity contribution in [2.75, 3.05) is 30.9 Å². The van der Waals surface area contributed by atoms with Crippen LogP contribution in [0.2, 0.25) is 5.02 Å². The van der Waals surface area contributed by atoms with E-state index < -0.39 is 10.0 Å². The van der Waals surface area contributed by atoms with E-state index in [4.69, 9.17) is 11.6 Å². The van der Waals surface area contributed by atoms with Gasteiger partial charge in [-0.15, -0.1) is 0 Å². The van der Waals surface area contributed by atoms with Crippen molar-refractivity contribution in [1.29, 1.82) is 0 Å². The maximum atomic E-state index is 12.8. The van der Waals surface area contributed by atoms with Gasteiger partial charge in [0.2, 0.25) is 0 Å². The van der Waals surface area contributed by atoms with Crippen LogP contribution in [-0.2, 0) is 10.0 Å². The van der Waals surface area contributed by atoms with Crippen LogP contribution in [0.3, 0.4) is 0 Å². The minimum absolute atomic E-state index is 0.0660. The summed E-state index contributed by atoms with van der Waals surface area (Å²) in [6.45, 7) is 5.67. The topological polar surface area (TPSA) is 78.5 Å². The third-order valence-electron chi connectivity index (χ3n) is 5.17. The van der Waals surface area contributed by atoms with Crippen molar-refractivity contribution >= 4 is 33.2 Å². The molecule has 2 aromatic rings. The Kier molecular flexibility index (Phi) is 7.75. The fourth-order valence-corrected chi connectivity index (χ4v) is 5.06. The summed E-state index contributed by atoms with van der Waals surface area (Å²) < 4.78 is 28.1.